The number of unbranched alkanes of at least 4 members (excludes halogenated alkanes) is 6. The molecule has 0 heterocycles. The molecule has 0 bridgehead atoms. The summed E-state index contributed by atoms with van der Waals surface area (Å²) in [6, 6.07) is 0. The van der Waals surface area contributed by atoms with Gasteiger partial charge < -0.3 is 10.6 Å². The average Bonchev–Trinajstić information content (AvgIpc) is 2.43. The number of carbonyl (C=O) groups excluding carboxylic acids is 2. The molecule has 0 aliphatic rings. The Morgan fingerprint density at radius 2 is 0.905 bits per heavy atom. The van der Waals surface area contributed by atoms with Gasteiger partial charge in [0, 0.05) is 13.1 Å². The highest BCUT2D eigenvalue weighted by Gasteiger charge is 2.10. The van der Waals surface area contributed by atoms with Crippen LogP contribution >= 0.6 is 46.4 Å². The van der Waals surface area contributed by atoms with Gasteiger partial charge in [-0.2, -0.15) is 0 Å². The molecule has 0 saturated heterocycles. The van der Waals surface area contributed by atoms with Crippen LogP contribution in [-0.2, 0) is 9.59 Å². The van der Waals surface area contributed by atoms with Crippen molar-refractivity contribution in [3.63, 3.8) is 0 Å². The molecule has 0 fully saturated rings. The van der Waals surface area contributed by atoms with E-state index in [-0.39, 0.29) is 11.8 Å². The van der Waals surface area contributed by atoms with Crippen LogP contribution in [0, 0.1) is 0 Å². The molecule has 0 aliphatic heterocycles. The quantitative estimate of drug-likeness (QED) is 0.402. The maximum Gasteiger partial charge on any atom is 0.253 e. The van der Waals surface area contributed by atoms with Crippen LogP contribution < -0.4 is 10.6 Å². The zero-order valence-electron chi connectivity index (χ0n) is 11.8. The number of alkyl halides is 4. The van der Waals surface area contributed by atoms with Gasteiger partial charge in [-0.15, -0.1) is 0 Å². The van der Waals surface area contributed by atoms with Gasteiger partial charge in [0.05, 0.1) is 0 Å². The largest absolute Gasteiger partial charge is 0.354 e. The molecule has 0 unspecified atom stereocenters. The van der Waals surface area contributed by atoms with E-state index in [2.05, 4.69) is 10.6 Å². The molecule has 4 nitrogen and oxygen atoms in total. The van der Waals surface area contributed by atoms with Crippen LogP contribution in [0.3, 0.4) is 0 Å². The van der Waals surface area contributed by atoms with Crippen LogP contribution in [0.15, 0.2) is 0 Å². The van der Waals surface area contributed by atoms with Crippen LogP contribution in [0.4, 0.5) is 0 Å². The highest BCUT2D eigenvalue weighted by molar-refractivity contribution is 6.53. The van der Waals surface area contributed by atoms with E-state index in [1.54, 1.807) is 0 Å². The fourth-order valence-electron chi connectivity index (χ4n) is 1.71. The smallest absolute Gasteiger partial charge is 0.253 e. The third-order valence-corrected chi connectivity index (χ3v) is 3.64. The molecule has 0 aromatic heterocycles. The summed E-state index contributed by atoms with van der Waals surface area (Å²) in [5, 5.41) is 5.31. The third kappa shape index (κ3) is 13.5. The van der Waals surface area contributed by atoms with Crippen molar-refractivity contribution in [3.8, 4) is 0 Å². The van der Waals surface area contributed by atoms with Crippen molar-refractivity contribution in [2.45, 2.75) is 54.6 Å². The number of hydrogen-bond donors (Lipinski definition) is 2. The molecule has 0 aliphatic carbocycles. The lowest BCUT2D eigenvalue weighted by Crippen LogP contribution is -2.29. The average molecular weight is 380 g/mol. The van der Waals surface area contributed by atoms with Crippen LogP contribution in [0.2, 0.25) is 0 Å². The highest BCUT2D eigenvalue weighted by atomic mass is 35.5. The van der Waals surface area contributed by atoms with Crippen molar-refractivity contribution < 1.29 is 9.59 Å². The first kappa shape index (κ1) is 21.1. The van der Waals surface area contributed by atoms with E-state index in [4.69, 9.17) is 46.4 Å². The molecule has 124 valence electrons. The Morgan fingerprint density at radius 3 is 1.19 bits per heavy atom. The SMILES string of the molecule is O=C(NCCCCCCCCCNC(=O)C(Cl)Cl)C(Cl)Cl. The van der Waals surface area contributed by atoms with Gasteiger partial charge in [-0.3, -0.25) is 9.59 Å². The van der Waals surface area contributed by atoms with Crippen molar-refractivity contribution in [2.75, 3.05) is 13.1 Å². The summed E-state index contributed by atoms with van der Waals surface area (Å²) in [5.41, 5.74) is 0. The van der Waals surface area contributed by atoms with E-state index < -0.39 is 9.67 Å². The fourth-order valence-corrected chi connectivity index (χ4v) is 2.02. The third-order valence-electron chi connectivity index (χ3n) is 2.85. The molecule has 0 aromatic carbocycles. The zero-order valence-corrected chi connectivity index (χ0v) is 14.9. The second kappa shape index (κ2) is 13.7. The summed E-state index contributed by atoms with van der Waals surface area (Å²) in [4.78, 5) is 20.1. The minimum atomic E-state index is -0.988. The molecule has 0 radical (unpaired) electrons. The Labute approximate surface area is 146 Å². The van der Waals surface area contributed by atoms with Crippen LogP contribution in [0.25, 0.3) is 0 Å². The molecule has 0 saturated carbocycles. The summed E-state index contributed by atoms with van der Waals surface area (Å²) < 4.78 is 0. The van der Waals surface area contributed by atoms with Crippen molar-refractivity contribution in [1.29, 1.82) is 0 Å². The second-order valence-electron chi connectivity index (χ2n) is 4.66. The zero-order chi connectivity index (χ0) is 16.1. The van der Waals surface area contributed by atoms with Crippen molar-refractivity contribution in [1.82, 2.24) is 10.6 Å². The van der Waals surface area contributed by atoms with Crippen molar-refractivity contribution in [3.05, 3.63) is 0 Å². The molecule has 0 rings (SSSR count). The van der Waals surface area contributed by atoms with E-state index in [9.17, 15) is 9.59 Å². The van der Waals surface area contributed by atoms with Crippen LogP contribution in [0.1, 0.15) is 44.9 Å². The molecule has 0 spiro atoms. The lowest BCUT2D eigenvalue weighted by atomic mass is 10.1. The second-order valence-corrected chi connectivity index (χ2v) is 6.85. The van der Waals surface area contributed by atoms with E-state index >= 15 is 0 Å². The first-order valence-electron chi connectivity index (χ1n) is 7.07. The van der Waals surface area contributed by atoms with Gasteiger partial charge in [0.1, 0.15) is 0 Å². The number of carbonyl (C=O) groups is 2. The normalized spacial score (nSPS) is 11.0. The lowest BCUT2D eigenvalue weighted by Gasteiger charge is -2.06. The first-order chi connectivity index (χ1) is 9.95. The van der Waals surface area contributed by atoms with Gasteiger partial charge in [0.2, 0.25) is 0 Å². The molecule has 0 aromatic rings. The number of amides is 2. The Kier molecular flexibility index (Phi) is 13.8. The number of hydrogen-bond acceptors (Lipinski definition) is 2. The van der Waals surface area contributed by atoms with Gasteiger partial charge in [-0.1, -0.05) is 78.5 Å². The number of rotatable bonds is 12. The molecule has 2 N–H and O–H groups in total. The van der Waals surface area contributed by atoms with Gasteiger partial charge in [-0.05, 0) is 12.8 Å². The number of nitrogens with one attached hydrogen (secondary N) is 2. The predicted molar refractivity (Wildman–Crippen MR) is 89.3 cm³/mol. The maximum atomic E-state index is 11.0. The maximum absolute atomic E-state index is 11.0. The molecular weight excluding hydrogens is 358 g/mol. The summed E-state index contributed by atoms with van der Waals surface area (Å²) >= 11 is 21.6. The van der Waals surface area contributed by atoms with E-state index in [1.165, 1.54) is 0 Å². The molecular formula is C13H22Cl4N2O2. The lowest BCUT2D eigenvalue weighted by molar-refractivity contribution is -0.120. The van der Waals surface area contributed by atoms with Gasteiger partial charge in [-0.25, -0.2) is 0 Å². The fraction of sp³-hybridized carbons (Fsp3) is 0.846. The molecule has 0 atom stereocenters. The summed E-state index contributed by atoms with van der Waals surface area (Å²) in [6.45, 7) is 1.22. The van der Waals surface area contributed by atoms with Gasteiger partial charge in [0.15, 0.2) is 9.67 Å². The van der Waals surface area contributed by atoms with Gasteiger partial charge >= 0.3 is 0 Å². The minimum Gasteiger partial charge on any atom is -0.354 e. The standard InChI is InChI=1S/C13H22Cl4N2O2/c14-10(15)12(20)18-8-6-4-2-1-3-5-7-9-19-13(21)11(16)17/h10-11H,1-9H2,(H,18,20)(H,19,21). The van der Waals surface area contributed by atoms with Crippen molar-refractivity contribution in [2.24, 2.45) is 0 Å². The Balaban J connectivity index is 3.20. The van der Waals surface area contributed by atoms with E-state index in [1.807, 2.05) is 0 Å². The Bertz CT molecular complexity index is 274. The predicted octanol–water partition coefficient (Wildman–Crippen LogP) is 3.56. The van der Waals surface area contributed by atoms with Gasteiger partial charge in [0.25, 0.3) is 11.8 Å². The Hall–Kier alpha value is 0.1000. The molecule has 8 heteroatoms. The minimum absolute atomic E-state index is 0.337. The molecule has 21 heavy (non-hydrogen) atoms. The van der Waals surface area contributed by atoms with Crippen molar-refractivity contribution >= 4 is 58.2 Å². The topological polar surface area (TPSA) is 58.2 Å². The summed E-state index contributed by atoms with van der Waals surface area (Å²) in [7, 11) is 0. The first-order valence-corrected chi connectivity index (χ1v) is 8.81. The monoisotopic (exact) mass is 378 g/mol. The van der Waals surface area contributed by atoms with Crippen LogP contribution in [0.5, 0.6) is 0 Å². The highest BCUT2D eigenvalue weighted by Crippen LogP contribution is 2.07. The Morgan fingerprint density at radius 1 is 0.619 bits per heavy atom. The van der Waals surface area contributed by atoms with Crippen LogP contribution in [-0.4, -0.2) is 34.6 Å². The van der Waals surface area contributed by atoms with E-state index in [0.29, 0.717) is 13.1 Å². The van der Waals surface area contributed by atoms with E-state index in [0.717, 1.165) is 44.9 Å². The molecule has 2 amide bonds. The number of halogens is 4. The summed E-state index contributed by atoms with van der Waals surface area (Å²) in [5.74, 6) is -0.673. The summed E-state index contributed by atoms with van der Waals surface area (Å²) in [6.07, 6.45) is 7.37.